The molecule has 0 aliphatic rings. The molecule has 4 heteroatoms. The van der Waals surface area contributed by atoms with Crippen LogP contribution in [0.2, 0.25) is 0 Å². The van der Waals surface area contributed by atoms with Crippen LogP contribution in [0, 0.1) is 6.92 Å². The number of nitrogens with two attached hydrogens (primary N) is 1. The van der Waals surface area contributed by atoms with Crippen molar-refractivity contribution in [3.63, 3.8) is 0 Å². The standard InChI is InChI=1S/C17H18BrN3/c1-11(19)17(13-7-3-4-8-14(13)18)21-12(2)20-15-9-5-6-10-16(15)21/h3-11,17H,19H2,1-2H3. The lowest BCUT2D eigenvalue weighted by Crippen LogP contribution is -2.31. The average molecular weight is 344 g/mol. The minimum atomic E-state index is -0.0278. The first-order valence-electron chi connectivity index (χ1n) is 7.03. The van der Waals surface area contributed by atoms with Crippen molar-refractivity contribution < 1.29 is 0 Å². The monoisotopic (exact) mass is 343 g/mol. The van der Waals surface area contributed by atoms with Crippen LogP contribution in [-0.4, -0.2) is 15.6 Å². The highest BCUT2D eigenvalue weighted by Crippen LogP contribution is 2.32. The third-order valence-electron chi connectivity index (χ3n) is 3.77. The second-order valence-corrected chi connectivity index (χ2v) is 6.20. The van der Waals surface area contributed by atoms with Gasteiger partial charge in [0.2, 0.25) is 0 Å². The number of nitrogens with zero attached hydrogens (tertiary/aromatic N) is 2. The average Bonchev–Trinajstić information content (AvgIpc) is 2.78. The van der Waals surface area contributed by atoms with Gasteiger partial charge in [-0.05, 0) is 37.6 Å². The highest BCUT2D eigenvalue weighted by Gasteiger charge is 2.24. The van der Waals surface area contributed by atoms with Crippen molar-refractivity contribution in [3.05, 3.63) is 64.4 Å². The summed E-state index contributed by atoms with van der Waals surface area (Å²) in [6.45, 7) is 4.07. The van der Waals surface area contributed by atoms with E-state index in [0.29, 0.717) is 0 Å². The number of rotatable bonds is 3. The van der Waals surface area contributed by atoms with Crippen LogP contribution in [0.3, 0.4) is 0 Å². The normalized spacial score (nSPS) is 14.3. The zero-order valence-corrected chi connectivity index (χ0v) is 13.7. The number of benzene rings is 2. The fourth-order valence-electron chi connectivity index (χ4n) is 2.89. The summed E-state index contributed by atoms with van der Waals surface area (Å²) in [6.07, 6.45) is 0. The predicted molar refractivity (Wildman–Crippen MR) is 90.4 cm³/mol. The molecule has 0 saturated heterocycles. The first-order valence-corrected chi connectivity index (χ1v) is 7.82. The third kappa shape index (κ3) is 2.49. The van der Waals surface area contributed by atoms with Crippen molar-refractivity contribution in [2.24, 2.45) is 5.73 Å². The van der Waals surface area contributed by atoms with Gasteiger partial charge in [-0.3, -0.25) is 0 Å². The summed E-state index contributed by atoms with van der Waals surface area (Å²) in [6, 6.07) is 16.4. The molecule has 1 heterocycles. The van der Waals surface area contributed by atoms with E-state index in [0.717, 1.165) is 21.3 Å². The lowest BCUT2D eigenvalue weighted by atomic mass is 10.0. The lowest BCUT2D eigenvalue weighted by Gasteiger charge is -2.26. The molecule has 0 amide bonds. The molecule has 1 aromatic heterocycles. The van der Waals surface area contributed by atoms with Crippen molar-refractivity contribution in [2.45, 2.75) is 25.9 Å². The summed E-state index contributed by atoms with van der Waals surface area (Å²) in [5, 5.41) is 0. The van der Waals surface area contributed by atoms with E-state index in [4.69, 9.17) is 5.73 Å². The summed E-state index contributed by atoms with van der Waals surface area (Å²) >= 11 is 3.65. The zero-order valence-electron chi connectivity index (χ0n) is 12.1. The minimum absolute atomic E-state index is 0.0278. The molecule has 3 rings (SSSR count). The molecule has 0 radical (unpaired) electrons. The van der Waals surface area contributed by atoms with Gasteiger partial charge in [0, 0.05) is 10.5 Å². The van der Waals surface area contributed by atoms with Gasteiger partial charge in [0.1, 0.15) is 5.82 Å². The Bertz CT molecular complexity index is 777. The maximum atomic E-state index is 6.32. The molecular weight excluding hydrogens is 326 g/mol. The van der Waals surface area contributed by atoms with Crippen molar-refractivity contribution >= 4 is 27.0 Å². The maximum Gasteiger partial charge on any atom is 0.107 e. The highest BCUT2D eigenvalue weighted by atomic mass is 79.9. The van der Waals surface area contributed by atoms with E-state index in [1.165, 1.54) is 5.56 Å². The number of fused-ring (bicyclic) bond motifs is 1. The first kappa shape index (κ1) is 14.3. The molecule has 2 atom stereocenters. The second kappa shape index (κ2) is 5.62. The smallest absolute Gasteiger partial charge is 0.107 e. The summed E-state index contributed by atoms with van der Waals surface area (Å²) in [4.78, 5) is 4.66. The Morgan fingerprint density at radius 1 is 1.10 bits per heavy atom. The van der Waals surface area contributed by atoms with Crippen LogP contribution < -0.4 is 5.73 Å². The van der Waals surface area contributed by atoms with Crippen molar-refractivity contribution in [2.75, 3.05) is 0 Å². The SMILES string of the molecule is Cc1nc2ccccc2n1C(c1ccccc1Br)C(C)N. The molecule has 2 aromatic carbocycles. The van der Waals surface area contributed by atoms with Gasteiger partial charge in [-0.2, -0.15) is 0 Å². The third-order valence-corrected chi connectivity index (χ3v) is 4.49. The zero-order chi connectivity index (χ0) is 15.0. The number of aromatic nitrogens is 2. The van der Waals surface area contributed by atoms with Gasteiger partial charge < -0.3 is 10.3 Å². The van der Waals surface area contributed by atoms with Gasteiger partial charge in [-0.25, -0.2) is 4.98 Å². The van der Waals surface area contributed by atoms with Crippen LogP contribution in [-0.2, 0) is 0 Å². The highest BCUT2D eigenvalue weighted by molar-refractivity contribution is 9.10. The molecule has 2 unspecified atom stereocenters. The van der Waals surface area contributed by atoms with E-state index < -0.39 is 0 Å². The first-order chi connectivity index (χ1) is 10.1. The van der Waals surface area contributed by atoms with Crippen LogP contribution in [0.15, 0.2) is 53.0 Å². The van der Waals surface area contributed by atoms with Crippen LogP contribution in [0.4, 0.5) is 0 Å². The van der Waals surface area contributed by atoms with E-state index in [9.17, 15) is 0 Å². The molecule has 0 aliphatic carbocycles. The van der Waals surface area contributed by atoms with Gasteiger partial charge in [0.05, 0.1) is 17.1 Å². The van der Waals surface area contributed by atoms with Crippen molar-refractivity contribution in [1.29, 1.82) is 0 Å². The topological polar surface area (TPSA) is 43.8 Å². The molecule has 2 N–H and O–H groups in total. The molecule has 108 valence electrons. The van der Waals surface area contributed by atoms with Gasteiger partial charge >= 0.3 is 0 Å². The molecular formula is C17H18BrN3. The Morgan fingerprint density at radius 3 is 2.48 bits per heavy atom. The molecule has 0 bridgehead atoms. The molecule has 0 fully saturated rings. The van der Waals surface area contributed by atoms with Crippen LogP contribution in [0.1, 0.15) is 24.4 Å². The fraction of sp³-hybridized carbons (Fsp3) is 0.235. The molecule has 0 spiro atoms. The number of hydrogen-bond donors (Lipinski definition) is 1. The molecule has 0 saturated carbocycles. The lowest BCUT2D eigenvalue weighted by molar-refractivity contribution is 0.496. The predicted octanol–water partition coefficient (Wildman–Crippen LogP) is 4.04. The Morgan fingerprint density at radius 2 is 1.76 bits per heavy atom. The Hall–Kier alpha value is -1.65. The van der Waals surface area contributed by atoms with Gasteiger partial charge in [0.15, 0.2) is 0 Å². The maximum absolute atomic E-state index is 6.32. The summed E-state index contributed by atoms with van der Waals surface area (Å²) in [5.41, 5.74) is 9.62. The van der Waals surface area contributed by atoms with Crippen LogP contribution >= 0.6 is 15.9 Å². The van der Waals surface area contributed by atoms with Gasteiger partial charge in [-0.15, -0.1) is 0 Å². The van der Waals surface area contributed by atoms with Crippen molar-refractivity contribution in [1.82, 2.24) is 9.55 Å². The van der Waals surface area contributed by atoms with E-state index in [-0.39, 0.29) is 12.1 Å². The van der Waals surface area contributed by atoms with Crippen LogP contribution in [0.25, 0.3) is 11.0 Å². The molecule has 3 nitrogen and oxygen atoms in total. The summed E-state index contributed by atoms with van der Waals surface area (Å²) < 4.78 is 3.31. The van der Waals surface area contributed by atoms with E-state index in [2.05, 4.69) is 43.7 Å². The number of aryl methyl sites for hydroxylation is 1. The summed E-state index contributed by atoms with van der Waals surface area (Å²) in [7, 11) is 0. The quantitative estimate of drug-likeness (QED) is 0.779. The van der Waals surface area contributed by atoms with E-state index in [1.54, 1.807) is 0 Å². The van der Waals surface area contributed by atoms with Crippen molar-refractivity contribution in [3.8, 4) is 0 Å². The second-order valence-electron chi connectivity index (χ2n) is 5.34. The minimum Gasteiger partial charge on any atom is -0.326 e. The molecule has 0 aliphatic heterocycles. The Labute approximate surface area is 132 Å². The number of hydrogen-bond acceptors (Lipinski definition) is 2. The van der Waals surface area contributed by atoms with Gasteiger partial charge in [0.25, 0.3) is 0 Å². The van der Waals surface area contributed by atoms with Crippen LogP contribution in [0.5, 0.6) is 0 Å². The fourth-order valence-corrected chi connectivity index (χ4v) is 3.41. The molecule has 3 aromatic rings. The Kier molecular flexibility index (Phi) is 3.83. The van der Waals surface area contributed by atoms with E-state index in [1.807, 2.05) is 44.2 Å². The van der Waals surface area contributed by atoms with E-state index >= 15 is 0 Å². The Balaban J connectivity index is 2.26. The van der Waals surface area contributed by atoms with Gasteiger partial charge in [-0.1, -0.05) is 46.3 Å². The molecule has 21 heavy (non-hydrogen) atoms. The number of para-hydroxylation sites is 2. The summed E-state index contributed by atoms with van der Waals surface area (Å²) in [5.74, 6) is 0.981. The number of halogens is 1. The number of imidazole rings is 1. The largest absolute Gasteiger partial charge is 0.326 e.